The smallest absolute Gasteiger partial charge is 0.243 e. The van der Waals surface area contributed by atoms with Gasteiger partial charge < -0.3 is 4.52 Å². The second-order valence-electron chi connectivity index (χ2n) is 5.60. The predicted octanol–water partition coefficient (Wildman–Crippen LogP) is 4.45. The number of benzene rings is 1. The molecule has 1 fully saturated rings. The third kappa shape index (κ3) is 3.39. The first-order valence-corrected chi connectivity index (χ1v) is 7.78. The third-order valence-electron chi connectivity index (χ3n) is 3.83. The van der Waals surface area contributed by atoms with E-state index in [1.54, 1.807) is 0 Å². The van der Waals surface area contributed by atoms with Gasteiger partial charge in [-0.25, -0.2) is 0 Å². The Morgan fingerprint density at radius 1 is 1.33 bits per heavy atom. The molecule has 1 aromatic heterocycles. The summed E-state index contributed by atoms with van der Waals surface area (Å²) in [6.45, 7) is 2.79. The van der Waals surface area contributed by atoms with E-state index < -0.39 is 0 Å². The highest BCUT2D eigenvalue weighted by molar-refractivity contribution is 6.42. The van der Waals surface area contributed by atoms with Crippen molar-refractivity contribution in [2.45, 2.75) is 38.3 Å². The van der Waals surface area contributed by atoms with Crippen LogP contribution in [-0.2, 0) is 6.54 Å². The Hall–Kier alpha value is -1.10. The zero-order valence-electron chi connectivity index (χ0n) is 12.0. The maximum absolute atomic E-state index is 6.05. The van der Waals surface area contributed by atoms with Crippen LogP contribution in [0.5, 0.6) is 0 Å². The molecular formula is C15H17Cl2N3O. The number of rotatable bonds is 5. The van der Waals surface area contributed by atoms with E-state index in [0.717, 1.165) is 17.9 Å². The van der Waals surface area contributed by atoms with E-state index in [1.165, 1.54) is 12.8 Å². The van der Waals surface area contributed by atoms with Gasteiger partial charge in [0.15, 0.2) is 5.82 Å². The fourth-order valence-electron chi connectivity index (χ4n) is 2.18. The van der Waals surface area contributed by atoms with Crippen molar-refractivity contribution in [3.8, 4) is 0 Å². The number of halogens is 2. The first kappa shape index (κ1) is 14.8. The molecule has 21 heavy (non-hydrogen) atoms. The summed E-state index contributed by atoms with van der Waals surface area (Å²) in [5, 5.41) is 5.21. The van der Waals surface area contributed by atoms with Crippen molar-refractivity contribution in [2.75, 3.05) is 7.05 Å². The van der Waals surface area contributed by atoms with E-state index in [9.17, 15) is 0 Å². The molecule has 2 aromatic rings. The molecule has 1 aromatic carbocycles. The van der Waals surface area contributed by atoms with Gasteiger partial charge in [-0.2, -0.15) is 4.98 Å². The molecule has 1 saturated carbocycles. The molecule has 0 radical (unpaired) electrons. The van der Waals surface area contributed by atoms with Gasteiger partial charge in [0.05, 0.1) is 16.1 Å². The molecule has 0 amide bonds. The molecular weight excluding hydrogens is 309 g/mol. The topological polar surface area (TPSA) is 42.2 Å². The van der Waals surface area contributed by atoms with E-state index >= 15 is 0 Å². The van der Waals surface area contributed by atoms with Gasteiger partial charge in [0.1, 0.15) is 0 Å². The summed E-state index contributed by atoms with van der Waals surface area (Å²) in [7, 11) is 2.02. The van der Waals surface area contributed by atoms with Crippen LogP contribution in [0.4, 0.5) is 0 Å². The van der Waals surface area contributed by atoms with Gasteiger partial charge >= 0.3 is 0 Å². The molecule has 6 heteroatoms. The monoisotopic (exact) mass is 325 g/mol. The molecule has 0 aliphatic heterocycles. The maximum atomic E-state index is 6.05. The summed E-state index contributed by atoms with van der Waals surface area (Å²) >= 11 is 12.0. The van der Waals surface area contributed by atoms with Crippen molar-refractivity contribution >= 4 is 23.2 Å². The van der Waals surface area contributed by atoms with Crippen molar-refractivity contribution < 1.29 is 4.52 Å². The molecule has 112 valence electrons. The molecule has 0 saturated heterocycles. The van der Waals surface area contributed by atoms with Gasteiger partial charge in [-0.15, -0.1) is 0 Å². The fraction of sp³-hybridized carbons (Fsp3) is 0.467. The number of nitrogens with zero attached hydrogens (tertiary/aromatic N) is 3. The first-order valence-electron chi connectivity index (χ1n) is 7.02. The molecule has 1 atom stereocenters. The van der Waals surface area contributed by atoms with Crippen molar-refractivity contribution in [1.82, 2.24) is 15.0 Å². The van der Waals surface area contributed by atoms with E-state index in [2.05, 4.69) is 22.0 Å². The van der Waals surface area contributed by atoms with Crippen LogP contribution in [-0.4, -0.2) is 22.1 Å². The molecule has 0 bridgehead atoms. The van der Waals surface area contributed by atoms with Gasteiger partial charge in [0, 0.05) is 12.5 Å². The zero-order valence-corrected chi connectivity index (χ0v) is 13.5. The van der Waals surface area contributed by atoms with E-state index in [0.29, 0.717) is 21.9 Å². The van der Waals surface area contributed by atoms with Crippen LogP contribution in [0.1, 0.15) is 49.0 Å². The second kappa shape index (κ2) is 5.95. The third-order valence-corrected chi connectivity index (χ3v) is 4.57. The normalized spacial score (nSPS) is 16.4. The number of hydrogen-bond acceptors (Lipinski definition) is 4. The lowest BCUT2D eigenvalue weighted by atomic mass is 10.2. The lowest BCUT2D eigenvalue weighted by Crippen LogP contribution is -2.22. The highest BCUT2D eigenvalue weighted by Crippen LogP contribution is 2.38. The average molecular weight is 326 g/mol. The van der Waals surface area contributed by atoms with Crippen LogP contribution in [0.25, 0.3) is 0 Å². The number of hydrogen-bond donors (Lipinski definition) is 0. The zero-order chi connectivity index (χ0) is 15.0. The molecule has 1 unspecified atom stereocenters. The van der Waals surface area contributed by atoms with Crippen LogP contribution in [0.15, 0.2) is 22.7 Å². The van der Waals surface area contributed by atoms with E-state index in [-0.39, 0.29) is 6.04 Å². The molecule has 1 aliphatic carbocycles. The Morgan fingerprint density at radius 2 is 2.10 bits per heavy atom. The Kier molecular flexibility index (Phi) is 4.20. The van der Waals surface area contributed by atoms with Gasteiger partial charge in [-0.3, -0.25) is 4.90 Å². The van der Waals surface area contributed by atoms with Crippen LogP contribution >= 0.6 is 23.2 Å². The Labute approximate surface area is 134 Å². The molecule has 0 N–H and O–H groups in total. The highest BCUT2D eigenvalue weighted by Gasteiger charge is 2.30. The van der Waals surface area contributed by atoms with Crippen LogP contribution in [0, 0.1) is 0 Å². The van der Waals surface area contributed by atoms with Crippen molar-refractivity contribution in [1.29, 1.82) is 0 Å². The van der Waals surface area contributed by atoms with Gasteiger partial charge in [-0.1, -0.05) is 34.4 Å². The lowest BCUT2D eigenvalue weighted by Gasteiger charge is -2.21. The Balaban J connectivity index is 1.67. The van der Waals surface area contributed by atoms with E-state index in [1.807, 2.05) is 25.2 Å². The van der Waals surface area contributed by atoms with Gasteiger partial charge in [0.2, 0.25) is 5.89 Å². The van der Waals surface area contributed by atoms with E-state index in [4.69, 9.17) is 27.7 Å². The quantitative estimate of drug-likeness (QED) is 0.814. The summed E-state index contributed by atoms with van der Waals surface area (Å²) in [5.41, 5.74) is 1.10. The Morgan fingerprint density at radius 3 is 2.76 bits per heavy atom. The largest absolute Gasteiger partial charge is 0.338 e. The lowest BCUT2D eigenvalue weighted by molar-refractivity contribution is 0.202. The molecule has 0 spiro atoms. The van der Waals surface area contributed by atoms with Crippen molar-refractivity contribution in [3.05, 3.63) is 45.5 Å². The Bertz CT molecular complexity index is 640. The fourth-order valence-corrected chi connectivity index (χ4v) is 2.50. The second-order valence-corrected chi connectivity index (χ2v) is 6.42. The summed E-state index contributed by atoms with van der Waals surface area (Å²) < 4.78 is 5.38. The first-order chi connectivity index (χ1) is 10.0. The summed E-state index contributed by atoms with van der Waals surface area (Å²) in [5.74, 6) is 2.02. The number of aromatic nitrogens is 2. The molecule has 1 aliphatic rings. The minimum Gasteiger partial charge on any atom is -0.338 e. The SMILES string of the molecule is CC(c1nc(C2CC2)no1)N(C)Cc1ccc(Cl)c(Cl)c1. The van der Waals surface area contributed by atoms with Crippen LogP contribution < -0.4 is 0 Å². The van der Waals surface area contributed by atoms with Crippen LogP contribution in [0.3, 0.4) is 0 Å². The summed E-state index contributed by atoms with van der Waals surface area (Å²) in [6, 6.07) is 5.73. The van der Waals surface area contributed by atoms with Gasteiger partial charge in [0.25, 0.3) is 0 Å². The highest BCUT2D eigenvalue weighted by atomic mass is 35.5. The predicted molar refractivity (Wildman–Crippen MR) is 82.6 cm³/mol. The average Bonchev–Trinajstić information content (AvgIpc) is 3.20. The molecule has 1 heterocycles. The standard InChI is InChI=1S/C15H17Cl2N3O/c1-9(15-18-14(19-21-15)11-4-5-11)20(2)8-10-3-6-12(16)13(17)7-10/h3,6-7,9,11H,4-5,8H2,1-2H3. The van der Waals surface area contributed by atoms with Crippen LogP contribution in [0.2, 0.25) is 10.0 Å². The summed E-state index contributed by atoms with van der Waals surface area (Å²) in [6.07, 6.45) is 2.35. The minimum absolute atomic E-state index is 0.0550. The van der Waals surface area contributed by atoms with Crippen molar-refractivity contribution in [2.24, 2.45) is 0 Å². The minimum atomic E-state index is 0.0550. The molecule has 3 rings (SSSR count). The van der Waals surface area contributed by atoms with Crippen molar-refractivity contribution in [3.63, 3.8) is 0 Å². The summed E-state index contributed by atoms with van der Waals surface area (Å²) in [4.78, 5) is 6.64. The molecule has 4 nitrogen and oxygen atoms in total. The van der Waals surface area contributed by atoms with Gasteiger partial charge in [-0.05, 0) is 44.5 Å². The maximum Gasteiger partial charge on any atom is 0.243 e.